The van der Waals surface area contributed by atoms with Crippen molar-refractivity contribution in [1.82, 2.24) is 0 Å². The summed E-state index contributed by atoms with van der Waals surface area (Å²) in [6, 6.07) is 9.12. The molecule has 0 aliphatic heterocycles. The lowest BCUT2D eigenvalue weighted by Crippen LogP contribution is -1.99. The van der Waals surface area contributed by atoms with Crippen molar-refractivity contribution in [2.75, 3.05) is 7.11 Å². The van der Waals surface area contributed by atoms with Gasteiger partial charge in [0.2, 0.25) is 0 Å². The highest BCUT2D eigenvalue weighted by molar-refractivity contribution is 5.68. The molecule has 0 heterocycles. The Morgan fingerprint density at radius 1 is 0.793 bits per heavy atom. The summed E-state index contributed by atoms with van der Waals surface area (Å²) < 4.78 is 4.66. The Bertz CT molecular complexity index is 530. The van der Waals surface area contributed by atoms with Gasteiger partial charge in [-0.15, -0.1) is 0 Å². The van der Waals surface area contributed by atoms with Crippen LogP contribution in [-0.2, 0) is 16.0 Å². The number of aryl methyl sites for hydroxylation is 1. The zero-order valence-corrected chi connectivity index (χ0v) is 19.1. The molecule has 0 radical (unpaired) electrons. The molecular weight excluding hydrogens is 356 g/mol. The van der Waals surface area contributed by atoms with Crippen LogP contribution in [0.1, 0.15) is 114 Å². The molecule has 0 aliphatic rings. The Morgan fingerprint density at radius 2 is 1.38 bits per heavy atom. The van der Waals surface area contributed by atoms with Crippen LogP contribution in [0.3, 0.4) is 0 Å². The first-order valence-electron chi connectivity index (χ1n) is 12.1. The first-order valence-corrected chi connectivity index (χ1v) is 12.1. The highest BCUT2D eigenvalue weighted by Gasteiger charge is 1.99. The number of unbranched alkanes of at least 4 members (excludes halogenated alkanes) is 12. The number of ether oxygens (including phenoxy) is 1. The Kier molecular flexibility index (Phi) is 16.2. The average molecular weight is 401 g/mol. The number of carbonyl (C=O) groups excluding carboxylic acids is 1. The molecule has 1 rings (SSSR count). The molecule has 0 fully saturated rings. The maximum atomic E-state index is 11.0. The fourth-order valence-electron chi connectivity index (χ4n) is 3.64. The van der Waals surface area contributed by atoms with Crippen molar-refractivity contribution in [3.63, 3.8) is 0 Å². The van der Waals surface area contributed by atoms with Crippen molar-refractivity contribution < 1.29 is 9.53 Å². The lowest BCUT2D eigenvalue weighted by molar-refractivity contribution is -0.140. The zero-order chi connectivity index (χ0) is 21.0. The van der Waals surface area contributed by atoms with Gasteiger partial charge in [0.05, 0.1) is 7.11 Å². The number of allylic oxidation sites excluding steroid dienone is 1. The molecule has 164 valence electrons. The molecule has 0 saturated heterocycles. The Hall–Kier alpha value is -1.57. The summed E-state index contributed by atoms with van der Waals surface area (Å²) in [6.07, 6.45) is 24.3. The van der Waals surface area contributed by atoms with E-state index in [9.17, 15) is 4.79 Å². The Morgan fingerprint density at radius 3 is 2.03 bits per heavy atom. The Balaban J connectivity index is 1.99. The number of rotatable bonds is 18. The van der Waals surface area contributed by atoms with E-state index in [2.05, 4.69) is 48.1 Å². The van der Waals surface area contributed by atoms with E-state index in [1.54, 1.807) is 0 Å². The minimum Gasteiger partial charge on any atom is -0.469 e. The second-order valence-electron chi connectivity index (χ2n) is 8.25. The van der Waals surface area contributed by atoms with Crippen molar-refractivity contribution in [3.8, 4) is 0 Å². The van der Waals surface area contributed by atoms with Gasteiger partial charge in [0.15, 0.2) is 0 Å². The van der Waals surface area contributed by atoms with Crippen LogP contribution in [0.4, 0.5) is 0 Å². The maximum absolute atomic E-state index is 11.0. The van der Waals surface area contributed by atoms with Gasteiger partial charge in [0, 0.05) is 6.42 Å². The van der Waals surface area contributed by atoms with E-state index in [1.165, 1.54) is 102 Å². The summed E-state index contributed by atoms with van der Waals surface area (Å²) in [5.41, 5.74) is 2.80. The monoisotopic (exact) mass is 400 g/mol. The SMILES string of the molecule is CCCCCCCCc1ccc(/C=C/CCCCCCCCCC(=O)OC)cc1. The maximum Gasteiger partial charge on any atom is 0.305 e. The molecule has 0 amide bonds. The lowest BCUT2D eigenvalue weighted by atomic mass is 10.0. The van der Waals surface area contributed by atoms with Crippen molar-refractivity contribution in [2.24, 2.45) is 0 Å². The third-order valence-corrected chi connectivity index (χ3v) is 5.59. The first kappa shape index (κ1) is 25.5. The van der Waals surface area contributed by atoms with Crippen LogP contribution in [0.5, 0.6) is 0 Å². The van der Waals surface area contributed by atoms with Crippen molar-refractivity contribution in [3.05, 3.63) is 41.5 Å². The van der Waals surface area contributed by atoms with E-state index in [-0.39, 0.29) is 5.97 Å². The van der Waals surface area contributed by atoms with Crippen LogP contribution >= 0.6 is 0 Å². The Labute approximate surface area is 180 Å². The normalized spacial score (nSPS) is 11.2. The largest absolute Gasteiger partial charge is 0.469 e. The zero-order valence-electron chi connectivity index (χ0n) is 19.1. The molecule has 0 atom stereocenters. The molecule has 0 aliphatic carbocycles. The summed E-state index contributed by atoms with van der Waals surface area (Å²) in [7, 11) is 1.46. The minimum absolute atomic E-state index is 0.0794. The van der Waals surface area contributed by atoms with Crippen LogP contribution < -0.4 is 0 Å². The van der Waals surface area contributed by atoms with Gasteiger partial charge in [-0.2, -0.15) is 0 Å². The van der Waals surface area contributed by atoms with Gasteiger partial charge in [0.25, 0.3) is 0 Å². The number of methoxy groups -OCH3 is 1. The minimum atomic E-state index is -0.0794. The molecule has 0 N–H and O–H groups in total. The fraction of sp³-hybridized carbons (Fsp3) is 0.667. The van der Waals surface area contributed by atoms with Crippen LogP contribution in [0.15, 0.2) is 30.3 Å². The molecule has 1 aromatic rings. The summed E-state index contributed by atoms with van der Waals surface area (Å²) in [4.78, 5) is 11.0. The topological polar surface area (TPSA) is 26.3 Å². The number of hydrogen-bond donors (Lipinski definition) is 0. The van der Waals surface area contributed by atoms with E-state index in [1.807, 2.05) is 0 Å². The average Bonchev–Trinajstić information content (AvgIpc) is 2.75. The summed E-state index contributed by atoms with van der Waals surface area (Å²) in [5.74, 6) is -0.0794. The highest BCUT2D eigenvalue weighted by Crippen LogP contribution is 2.13. The first-order chi connectivity index (χ1) is 14.3. The fourth-order valence-corrected chi connectivity index (χ4v) is 3.64. The molecule has 29 heavy (non-hydrogen) atoms. The smallest absolute Gasteiger partial charge is 0.305 e. The molecule has 0 aromatic heterocycles. The second kappa shape index (κ2) is 18.5. The van der Waals surface area contributed by atoms with E-state index in [0.717, 1.165) is 12.8 Å². The van der Waals surface area contributed by atoms with Crippen LogP contribution in [0.25, 0.3) is 6.08 Å². The van der Waals surface area contributed by atoms with Crippen LogP contribution in [-0.4, -0.2) is 13.1 Å². The van der Waals surface area contributed by atoms with Crippen molar-refractivity contribution >= 4 is 12.0 Å². The number of esters is 1. The van der Waals surface area contributed by atoms with E-state index in [4.69, 9.17) is 0 Å². The molecule has 1 aromatic carbocycles. The van der Waals surface area contributed by atoms with Gasteiger partial charge < -0.3 is 4.74 Å². The molecule has 2 heteroatoms. The van der Waals surface area contributed by atoms with Crippen LogP contribution in [0.2, 0.25) is 0 Å². The molecule has 2 nitrogen and oxygen atoms in total. The van der Waals surface area contributed by atoms with E-state index in [0.29, 0.717) is 6.42 Å². The molecule has 0 unspecified atom stereocenters. The summed E-state index contributed by atoms with van der Waals surface area (Å²) in [5, 5.41) is 0. The standard InChI is InChI=1S/C27H44O2/c1-3-4-5-6-12-15-18-25-21-23-26(24-22-25)19-16-13-10-8-7-9-11-14-17-20-27(28)29-2/h16,19,21-24H,3-15,17-18,20H2,1-2H3/b19-16+. The third-order valence-electron chi connectivity index (χ3n) is 5.59. The second-order valence-corrected chi connectivity index (χ2v) is 8.25. The summed E-state index contributed by atoms with van der Waals surface area (Å²) in [6.45, 7) is 2.27. The number of carbonyl (C=O) groups is 1. The predicted molar refractivity (Wildman–Crippen MR) is 126 cm³/mol. The van der Waals surface area contributed by atoms with Crippen molar-refractivity contribution in [2.45, 2.75) is 110 Å². The van der Waals surface area contributed by atoms with Crippen molar-refractivity contribution in [1.29, 1.82) is 0 Å². The van der Waals surface area contributed by atoms with Gasteiger partial charge >= 0.3 is 5.97 Å². The molecular formula is C27H44O2. The molecule has 0 spiro atoms. The quantitative estimate of drug-likeness (QED) is 0.183. The predicted octanol–water partition coefficient (Wildman–Crippen LogP) is 8.29. The lowest BCUT2D eigenvalue weighted by Gasteiger charge is -2.03. The summed E-state index contributed by atoms with van der Waals surface area (Å²) >= 11 is 0. The number of benzene rings is 1. The van der Waals surface area contributed by atoms with Gasteiger partial charge in [-0.05, 0) is 43.2 Å². The molecule has 0 saturated carbocycles. The van der Waals surface area contributed by atoms with E-state index < -0.39 is 0 Å². The third kappa shape index (κ3) is 15.0. The van der Waals surface area contributed by atoms with E-state index >= 15 is 0 Å². The highest BCUT2D eigenvalue weighted by atomic mass is 16.5. The van der Waals surface area contributed by atoms with Gasteiger partial charge in [-0.1, -0.05) is 108 Å². The number of hydrogen-bond acceptors (Lipinski definition) is 2. The van der Waals surface area contributed by atoms with Gasteiger partial charge in [-0.3, -0.25) is 4.79 Å². The van der Waals surface area contributed by atoms with Gasteiger partial charge in [-0.25, -0.2) is 0 Å². The van der Waals surface area contributed by atoms with Crippen LogP contribution in [0, 0.1) is 0 Å². The molecule has 0 bridgehead atoms. The van der Waals surface area contributed by atoms with Gasteiger partial charge in [0.1, 0.15) is 0 Å².